The van der Waals surface area contributed by atoms with E-state index in [1.807, 2.05) is 0 Å². The molecule has 0 fully saturated rings. The van der Waals surface area contributed by atoms with E-state index in [9.17, 15) is 0 Å². The molecule has 0 heterocycles. The van der Waals surface area contributed by atoms with Gasteiger partial charge in [-0.3, -0.25) is 0 Å². The van der Waals surface area contributed by atoms with Crippen LogP contribution >= 0.6 is 0 Å². The highest BCUT2D eigenvalue weighted by atomic mass is 13.9. The molecule has 0 amide bonds. The highest BCUT2D eigenvalue weighted by molar-refractivity contribution is 5.02. The molecule has 0 aliphatic heterocycles. The van der Waals surface area contributed by atoms with Gasteiger partial charge in [-0.05, 0) is 25.7 Å². The standard InChI is InChI=1S/C10H16/c1-2-4-6-8-10-9-7-5-3-1/h1-4H,5-10H2/b3-1-,4-2-. The largest absolute Gasteiger partial charge is 0.0845 e. The first-order chi connectivity index (χ1) is 5.00. The van der Waals surface area contributed by atoms with Crippen LogP contribution < -0.4 is 0 Å². The fourth-order valence-corrected chi connectivity index (χ4v) is 1.23. The first kappa shape index (κ1) is 7.59. The molecule has 0 atom stereocenters. The molecule has 0 heteroatoms. The van der Waals surface area contributed by atoms with Crippen LogP contribution in [0.4, 0.5) is 0 Å². The zero-order valence-corrected chi connectivity index (χ0v) is 6.55. The van der Waals surface area contributed by atoms with Gasteiger partial charge in [0.25, 0.3) is 0 Å². The highest BCUT2D eigenvalue weighted by Gasteiger charge is 1.88. The van der Waals surface area contributed by atoms with Crippen LogP contribution in [0.15, 0.2) is 24.3 Å². The van der Waals surface area contributed by atoms with E-state index in [4.69, 9.17) is 0 Å². The number of allylic oxidation sites excluding steroid dienone is 4. The van der Waals surface area contributed by atoms with E-state index in [1.165, 1.54) is 38.5 Å². The zero-order valence-electron chi connectivity index (χ0n) is 6.55. The maximum atomic E-state index is 2.27. The van der Waals surface area contributed by atoms with Gasteiger partial charge in [-0.15, -0.1) is 0 Å². The molecule has 0 nitrogen and oxygen atoms in total. The van der Waals surface area contributed by atoms with Crippen molar-refractivity contribution in [1.29, 1.82) is 0 Å². The van der Waals surface area contributed by atoms with E-state index in [0.717, 1.165) is 0 Å². The molecule has 0 radical (unpaired) electrons. The molecule has 1 rings (SSSR count). The Labute approximate surface area is 63.6 Å². The topological polar surface area (TPSA) is 0 Å². The lowest BCUT2D eigenvalue weighted by Gasteiger charge is -1.97. The lowest BCUT2D eigenvalue weighted by molar-refractivity contribution is 0.651. The van der Waals surface area contributed by atoms with Gasteiger partial charge in [0.15, 0.2) is 0 Å². The van der Waals surface area contributed by atoms with E-state index in [0.29, 0.717) is 0 Å². The summed E-state index contributed by atoms with van der Waals surface area (Å²) in [6, 6.07) is 0. The smallest absolute Gasteiger partial charge is 0.0348 e. The van der Waals surface area contributed by atoms with Crippen LogP contribution in [0.1, 0.15) is 38.5 Å². The Morgan fingerprint density at radius 2 is 1.10 bits per heavy atom. The molecule has 0 saturated carbocycles. The Morgan fingerprint density at radius 1 is 0.600 bits per heavy atom. The summed E-state index contributed by atoms with van der Waals surface area (Å²) in [6.07, 6.45) is 17.0. The van der Waals surface area contributed by atoms with Crippen molar-refractivity contribution in [2.45, 2.75) is 38.5 Å². The minimum atomic E-state index is 1.27. The van der Waals surface area contributed by atoms with Gasteiger partial charge in [0.2, 0.25) is 0 Å². The average molecular weight is 136 g/mol. The molecule has 0 unspecified atom stereocenters. The molecule has 0 aromatic carbocycles. The third-order valence-corrected chi connectivity index (χ3v) is 1.87. The van der Waals surface area contributed by atoms with Gasteiger partial charge in [-0.1, -0.05) is 37.1 Å². The van der Waals surface area contributed by atoms with Crippen molar-refractivity contribution in [3.8, 4) is 0 Å². The molecule has 0 aromatic heterocycles. The molecular weight excluding hydrogens is 120 g/mol. The predicted molar refractivity (Wildman–Crippen MR) is 46.0 cm³/mol. The minimum absolute atomic E-state index is 1.27. The molecule has 56 valence electrons. The Kier molecular flexibility index (Phi) is 4.00. The number of hydrogen-bond donors (Lipinski definition) is 0. The van der Waals surface area contributed by atoms with Crippen LogP contribution in [0.5, 0.6) is 0 Å². The summed E-state index contributed by atoms with van der Waals surface area (Å²) in [5.41, 5.74) is 0. The lowest BCUT2D eigenvalue weighted by Crippen LogP contribution is -1.77. The van der Waals surface area contributed by atoms with E-state index in [-0.39, 0.29) is 0 Å². The Hall–Kier alpha value is -0.520. The summed E-state index contributed by atoms with van der Waals surface area (Å²) in [4.78, 5) is 0. The van der Waals surface area contributed by atoms with Crippen LogP contribution in [-0.4, -0.2) is 0 Å². The third kappa shape index (κ3) is 3.49. The van der Waals surface area contributed by atoms with Crippen molar-refractivity contribution in [3.63, 3.8) is 0 Å². The van der Waals surface area contributed by atoms with Crippen molar-refractivity contribution in [3.05, 3.63) is 24.3 Å². The summed E-state index contributed by atoms with van der Waals surface area (Å²) in [6.45, 7) is 0. The number of rotatable bonds is 0. The van der Waals surface area contributed by atoms with Crippen molar-refractivity contribution in [2.24, 2.45) is 0 Å². The monoisotopic (exact) mass is 136 g/mol. The van der Waals surface area contributed by atoms with Crippen molar-refractivity contribution in [2.75, 3.05) is 0 Å². The summed E-state index contributed by atoms with van der Waals surface area (Å²) in [5, 5.41) is 0. The summed E-state index contributed by atoms with van der Waals surface area (Å²) < 4.78 is 0. The molecule has 0 N–H and O–H groups in total. The van der Waals surface area contributed by atoms with Crippen molar-refractivity contribution in [1.82, 2.24) is 0 Å². The van der Waals surface area contributed by atoms with Crippen molar-refractivity contribution < 1.29 is 0 Å². The van der Waals surface area contributed by atoms with Crippen LogP contribution in [-0.2, 0) is 0 Å². The molecule has 0 spiro atoms. The van der Waals surface area contributed by atoms with Gasteiger partial charge in [-0.25, -0.2) is 0 Å². The van der Waals surface area contributed by atoms with Gasteiger partial charge in [0, 0.05) is 0 Å². The van der Waals surface area contributed by atoms with E-state index >= 15 is 0 Å². The average Bonchev–Trinajstić information content (AvgIpc) is 2.01. The maximum Gasteiger partial charge on any atom is -0.0348 e. The van der Waals surface area contributed by atoms with Crippen LogP contribution in [0.2, 0.25) is 0 Å². The second-order valence-electron chi connectivity index (χ2n) is 2.85. The number of hydrogen-bond acceptors (Lipinski definition) is 0. The van der Waals surface area contributed by atoms with Gasteiger partial charge >= 0.3 is 0 Å². The SMILES string of the molecule is C1=C\CCCCCC\C=C/1. The highest BCUT2D eigenvalue weighted by Crippen LogP contribution is 2.07. The molecule has 1 aliphatic rings. The van der Waals surface area contributed by atoms with Crippen LogP contribution in [0.3, 0.4) is 0 Å². The Bertz CT molecular complexity index is 104. The molecule has 0 saturated heterocycles. The molecule has 0 bridgehead atoms. The van der Waals surface area contributed by atoms with Gasteiger partial charge < -0.3 is 0 Å². The predicted octanol–water partition coefficient (Wildman–Crippen LogP) is 3.45. The lowest BCUT2D eigenvalue weighted by atomic mass is 10.1. The van der Waals surface area contributed by atoms with E-state index < -0.39 is 0 Å². The fraction of sp³-hybridized carbons (Fsp3) is 0.600. The Morgan fingerprint density at radius 3 is 1.60 bits per heavy atom. The molecular formula is C10H16. The zero-order chi connectivity index (χ0) is 7.07. The van der Waals surface area contributed by atoms with Crippen LogP contribution in [0, 0.1) is 0 Å². The maximum absolute atomic E-state index is 2.27. The first-order valence-corrected chi connectivity index (χ1v) is 4.32. The fourth-order valence-electron chi connectivity index (χ4n) is 1.23. The minimum Gasteiger partial charge on any atom is -0.0845 e. The molecule has 1 aliphatic carbocycles. The Balaban J connectivity index is 2.26. The van der Waals surface area contributed by atoms with E-state index in [1.54, 1.807) is 0 Å². The third-order valence-electron chi connectivity index (χ3n) is 1.87. The summed E-state index contributed by atoms with van der Waals surface area (Å²) >= 11 is 0. The molecule has 10 heavy (non-hydrogen) atoms. The first-order valence-electron chi connectivity index (χ1n) is 4.32. The molecule has 0 aromatic rings. The second-order valence-corrected chi connectivity index (χ2v) is 2.85. The van der Waals surface area contributed by atoms with E-state index in [2.05, 4.69) is 24.3 Å². The second kappa shape index (κ2) is 5.28. The normalized spacial score (nSPS) is 27.2. The quantitative estimate of drug-likeness (QED) is 0.478. The van der Waals surface area contributed by atoms with Gasteiger partial charge in [-0.2, -0.15) is 0 Å². The van der Waals surface area contributed by atoms with Crippen molar-refractivity contribution >= 4 is 0 Å². The summed E-state index contributed by atoms with van der Waals surface area (Å²) in [5.74, 6) is 0. The summed E-state index contributed by atoms with van der Waals surface area (Å²) in [7, 11) is 0. The van der Waals surface area contributed by atoms with Gasteiger partial charge in [0.1, 0.15) is 0 Å². The van der Waals surface area contributed by atoms with Crippen LogP contribution in [0.25, 0.3) is 0 Å². The van der Waals surface area contributed by atoms with Gasteiger partial charge in [0.05, 0.1) is 0 Å².